The number of nitrogens with zero attached hydrogens (tertiary/aromatic N) is 4. The number of hydrogen-bond acceptors (Lipinski definition) is 7. The maximum absolute atomic E-state index is 12.6. The monoisotopic (exact) mass is 381 g/mol. The molecule has 1 amide bonds. The van der Waals surface area contributed by atoms with Gasteiger partial charge in [-0.2, -0.15) is 16.3 Å². The fraction of sp³-hybridized carbons (Fsp3) is 0.167. The lowest BCUT2D eigenvalue weighted by Crippen LogP contribution is -2.33. The molecule has 0 saturated heterocycles. The van der Waals surface area contributed by atoms with Crippen LogP contribution in [0.15, 0.2) is 50.4 Å². The van der Waals surface area contributed by atoms with Gasteiger partial charge in [-0.05, 0) is 30.5 Å². The summed E-state index contributed by atoms with van der Waals surface area (Å²) in [4.78, 5) is 33.5. The first-order valence-electron chi connectivity index (χ1n) is 8.20. The van der Waals surface area contributed by atoms with Crippen LogP contribution < -0.4 is 10.9 Å². The van der Waals surface area contributed by atoms with Crippen molar-refractivity contribution >= 4 is 28.1 Å². The van der Waals surface area contributed by atoms with Crippen LogP contribution in [-0.2, 0) is 17.9 Å². The molecule has 0 atom stereocenters. The minimum Gasteiger partial charge on any atom is -0.345 e. The lowest BCUT2D eigenvalue weighted by Gasteiger charge is -2.10. The van der Waals surface area contributed by atoms with Gasteiger partial charge in [0.05, 0.1) is 17.4 Å². The second kappa shape index (κ2) is 7.12. The van der Waals surface area contributed by atoms with Gasteiger partial charge in [0, 0.05) is 10.9 Å². The van der Waals surface area contributed by atoms with Gasteiger partial charge in [0.1, 0.15) is 12.4 Å². The Hall–Kier alpha value is -3.33. The quantitative estimate of drug-likeness (QED) is 0.568. The van der Waals surface area contributed by atoms with Crippen LogP contribution in [-0.4, -0.2) is 25.6 Å². The Labute approximate surface area is 157 Å². The van der Waals surface area contributed by atoms with E-state index >= 15 is 0 Å². The third kappa shape index (κ3) is 3.49. The second-order valence-electron chi connectivity index (χ2n) is 5.87. The van der Waals surface area contributed by atoms with Crippen molar-refractivity contribution in [2.75, 3.05) is 0 Å². The maximum atomic E-state index is 12.6. The van der Waals surface area contributed by atoms with Gasteiger partial charge < -0.3 is 9.84 Å². The van der Waals surface area contributed by atoms with Crippen LogP contribution >= 0.6 is 11.3 Å². The van der Waals surface area contributed by atoms with E-state index in [1.165, 1.54) is 15.9 Å². The molecule has 0 aliphatic carbocycles. The zero-order valence-electron chi connectivity index (χ0n) is 14.4. The molecule has 0 radical (unpaired) electrons. The van der Waals surface area contributed by atoms with Crippen LogP contribution in [0.4, 0.5) is 0 Å². The largest absolute Gasteiger partial charge is 0.345 e. The molecule has 0 aliphatic rings. The van der Waals surface area contributed by atoms with E-state index in [0.29, 0.717) is 28.4 Å². The van der Waals surface area contributed by atoms with Crippen molar-refractivity contribution in [3.63, 3.8) is 0 Å². The van der Waals surface area contributed by atoms with Crippen molar-refractivity contribution in [2.45, 2.75) is 20.0 Å². The highest BCUT2D eigenvalue weighted by atomic mass is 32.1. The van der Waals surface area contributed by atoms with Crippen molar-refractivity contribution in [3.8, 4) is 11.4 Å². The summed E-state index contributed by atoms with van der Waals surface area (Å²) < 4.78 is 6.49. The Bertz CT molecular complexity index is 1160. The molecule has 0 spiro atoms. The van der Waals surface area contributed by atoms with Gasteiger partial charge in [-0.3, -0.25) is 14.2 Å². The Morgan fingerprint density at radius 3 is 2.93 bits per heavy atom. The normalized spacial score (nSPS) is 11.0. The number of aromatic nitrogens is 4. The number of hydrogen-bond donors (Lipinski definition) is 1. The zero-order chi connectivity index (χ0) is 18.8. The number of thiophene rings is 1. The minimum atomic E-state index is -0.340. The number of para-hydroxylation sites is 1. The molecule has 8 nitrogen and oxygen atoms in total. The third-order valence-electron chi connectivity index (χ3n) is 4.04. The number of carbonyl (C=O) groups excluding carboxylic acids is 1. The molecular weight excluding hydrogens is 366 g/mol. The Morgan fingerprint density at radius 2 is 2.11 bits per heavy atom. The summed E-state index contributed by atoms with van der Waals surface area (Å²) in [5, 5.41) is 10.9. The zero-order valence-corrected chi connectivity index (χ0v) is 15.2. The molecule has 27 heavy (non-hydrogen) atoms. The summed E-state index contributed by atoms with van der Waals surface area (Å²) in [6, 6.07) is 8.95. The molecule has 1 aromatic carbocycles. The Kier molecular flexibility index (Phi) is 4.51. The first-order chi connectivity index (χ1) is 13.1. The summed E-state index contributed by atoms with van der Waals surface area (Å²) >= 11 is 1.54. The Balaban J connectivity index is 1.46. The smallest absolute Gasteiger partial charge is 0.261 e. The van der Waals surface area contributed by atoms with E-state index in [0.717, 1.165) is 5.56 Å². The van der Waals surface area contributed by atoms with Crippen molar-refractivity contribution in [2.24, 2.45) is 0 Å². The molecule has 3 heterocycles. The van der Waals surface area contributed by atoms with Crippen molar-refractivity contribution in [3.05, 3.63) is 63.2 Å². The highest BCUT2D eigenvalue weighted by Gasteiger charge is 2.13. The van der Waals surface area contributed by atoms with Gasteiger partial charge in [-0.25, -0.2) is 4.98 Å². The van der Waals surface area contributed by atoms with Crippen molar-refractivity contribution < 1.29 is 9.32 Å². The van der Waals surface area contributed by atoms with E-state index in [-0.39, 0.29) is 24.6 Å². The molecule has 0 aliphatic heterocycles. The average Bonchev–Trinajstić information content (AvgIpc) is 3.35. The number of benzene rings is 1. The fourth-order valence-electron chi connectivity index (χ4n) is 2.67. The second-order valence-corrected chi connectivity index (χ2v) is 6.65. The molecule has 1 N–H and O–H groups in total. The molecule has 0 saturated carbocycles. The van der Waals surface area contributed by atoms with E-state index in [9.17, 15) is 9.59 Å². The van der Waals surface area contributed by atoms with E-state index in [2.05, 4.69) is 20.4 Å². The summed E-state index contributed by atoms with van der Waals surface area (Å²) in [5.74, 6) is 0.912. The predicted molar refractivity (Wildman–Crippen MR) is 100 cm³/mol. The lowest BCUT2D eigenvalue weighted by atomic mass is 10.2. The van der Waals surface area contributed by atoms with Gasteiger partial charge in [0.25, 0.3) is 5.56 Å². The molecule has 136 valence electrons. The van der Waals surface area contributed by atoms with Crippen LogP contribution in [0.3, 0.4) is 0 Å². The maximum Gasteiger partial charge on any atom is 0.261 e. The predicted octanol–water partition coefficient (Wildman–Crippen LogP) is 2.13. The standard InChI is InChI=1S/C18H15N5O3S/c1-11-20-14-5-3-2-4-13(14)18(25)23(11)9-15(24)19-8-16-21-17(22-26-16)12-6-7-27-10-12/h2-7,10H,8-9H2,1H3,(H,19,24). The third-order valence-corrected chi connectivity index (χ3v) is 4.72. The van der Waals surface area contributed by atoms with Crippen molar-refractivity contribution in [1.29, 1.82) is 0 Å². The highest BCUT2D eigenvalue weighted by Crippen LogP contribution is 2.18. The summed E-state index contributed by atoms with van der Waals surface area (Å²) in [6.07, 6.45) is 0. The molecule has 4 aromatic rings. The molecule has 0 bridgehead atoms. The molecule has 4 rings (SSSR count). The Morgan fingerprint density at radius 1 is 1.26 bits per heavy atom. The molecule has 3 aromatic heterocycles. The van der Waals surface area contributed by atoms with Crippen LogP contribution in [0, 0.1) is 6.92 Å². The van der Waals surface area contributed by atoms with Crippen LogP contribution in [0.25, 0.3) is 22.3 Å². The average molecular weight is 381 g/mol. The van der Waals surface area contributed by atoms with Crippen molar-refractivity contribution in [1.82, 2.24) is 25.0 Å². The van der Waals surface area contributed by atoms with E-state index < -0.39 is 0 Å². The first kappa shape index (κ1) is 17.1. The summed E-state index contributed by atoms with van der Waals surface area (Å²) in [6.45, 7) is 1.66. The molecule has 0 fully saturated rings. The van der Waals surface area contributed by atoms with E-state index in [1.54, 1.807) is 25.1 Å². The minimum absolute atomic E-state index is 0.0881. The fourth-order valence-corrected chi connectivity index (χ4v) is 3.31. The number of fused-ring (bicyclic) bond motifs is 1. The van der Waals surface area contributed by atoms with E-state index in [1.807, 2.05) is 22.9 Å². The molecular formula is C18H15N5O3S. The number of aryl methyl sites for hydroxylation is 1. The molecule has 0 unspecified atom stereocenters. The van der Waals surface area contributed by atoms with Gasteiger partial charge >= 0.3 is 0 Å². The first-order valence-corrected chi connectivity index (χ1v) is 9.14. The van der Waals surface area contributed by atoms with Crippen LogP contribution in [0.1, 0.15) is 11.7 Å². The number of carbonyl (C=O) groups is 1. The lowest BCUT2D eigenvalue weighted by molar-refractivity contribution is -0.122. The van der Waals surface area contributed by atoms with Gasteiger partial charge in [0.2, 0.25) is 17.6 Å². The van der Waals surface area contributed by atoms with E-state index in [4.69, 9.17) is 4.52 Å². The van der Waals surface area contributed by atoms with Gasteiger partial charge in [-0.1, -0.05) is 17.3 Å². The van der Waals surface area contributed by atoms with Crippen LogP contribution in [0.5, 0.6) is 0 Å². The number of rotatable bonds is 5. The number of amides is 1. The topological polar surface area (TPSA) is 103 Å². The number of nitrogens with one attached hydrogen (secondary N) is 1. The SMILES string of the molecule is Cc1nc2ccccc2c(=O)n1CC(=O)NCc1nc(-c2ccsc2)no1. The molecule has 9 heteroatoms. The summed E-state index contributed by atoms with van der Waals surface area (Å²) in [7, 11) is 0. The van der Waals surface area contributed by atoms with Gasteiger partial charge in [-0.15, -0.1) is 0 Å². The van der Waals surface area contributed by atoms with Gasteiger partial charge in [0.15, 0.2) is 0 Å². The van der Waals surface area contributed by atoms with Crippen LogP contribution in [0.2, 0.25) is 0 Å². The summed E-state index contributed by atoms with van der Waals surface area (Å²) in [5.41, 5.74) is 1.24. The highest BCUT2D eigenvalue weighted by molar-refractivity contribution is 7.08.